The molecule has 1 unspecified atom stereocenters. The number of rotatable bonds is 12. The van der Waals surface area contributed by atoms with E-state index in [1.54, 1.807) is 5.57 Å². The molecule has 0 radical (unpaired) electrons. The minimum Gasteiger partial charge on any atom is -0.461 e. The Balaban J connectivity index is 2.09. The molecule has 0 heterocycles. The Morgan fingerprint density at radius 3 is 2.00 bits per heavy atom. The number of hydrogen-bond donors (Lipinski definition) is 0. The molecule has 7 heteroatoms. The van der Waals surface area contributed by atoms with Gasteiger partial charge in [-0.2, -0.15) is 0 Å². The van der Waals surface area contributed by atoms with E-state index in [0.717, 1.165) is 43.3 Å². The second kappa shape index (κ2) is 16.3. The van der Waals surface area contributed by atoms with Crippen LogP contribution >= 0.6 is 0 Å². The van der Waals surface area contributed by atoms with E-state index in [9.17, 15) is 4.79 Å². The highest BCUT2D eigenvalue weighted by Gasteiger charge is 2.52. The first-order valence-electron chi connectivity index (χ1n) is 20.8. The lowest BCUT2D eigenvalue weighted by molar-refractivity contribution is -0.217. The van der Waals surface area contributed by atoms with Gasteiger partial charge in [0.2, 0.25) is 0 Å². The van der Waals surface area contributed by atoms with E-state index in [1.807, 2.05) is 0 Å². The van der Waals surface area contributed by atoms with Crippen LogP contribution in [0.2, 0.25) is 36.3 Å². The zero-order chi connectivity index (χ0) is 40.6. The molecular weight excluding hydrogens is 689 g/mol. The van der Waals surface area contributed by atoms with E-state index in [2.05, 4.69) is 141 Å². The lowest BCUT2D eigenvalue weighted by Crippen LogP contribution is -2.56. The molecule has 4 atom stereocenters. The fourth-order valence-electron chi connectivity index (χ4n) is 8.33. The van der Waals surface area contributed by atoms with Crippen LogP contribution in [0.5, 0.6) is 0 Å². The Labute approximate surface area is 329 Å². The van der Waals surface area contributed by atoms with E-state index in [1.165, 1.54) is 18.4 Å². The zero-order valence-electron chi connectivity index (χ0n) is 37.8. The molecule has 53 heavy (non-hydrogen) atoms. The summed E-state index contributed by atoms with van der Waals surface area (Å²) in [6.45, 7) is 45.4. The van der Waals surface area contributed by atoms with E-state index < -0.39 is 22.4 Å². The SMILES string of the molecule is C=C1C(=CC=C2CCC[C@]3(C)C(CC)=CC[C@@H]23)C[C@](OCC(=O)OC(CC(C)(C)C)CC(C)(C)C)(O[Si](C)(C)C(C)(C)C)CC1O[Si](C)(C)C(C)(C)C. The predicted molar refractivity (Wildman–Crippen MR) is 230 cm³/mol. The molecule has 3 aliphatic carbocycles. The van der Waals surface area contributed by atoms with Gasteiger partial charge in [-0.25, -0.2) is 4.79 Å². The van der Waals surface area contributed by atoms with Gasteiger partial charge in [0.25, 0.3) is 0 Å². The van der Waals surface area contributed by atoms with Gasteiger partial charge < -0.3 is 18.3 Å². The highest BCUT2D eigenvalue weighted by Crippen LogP contribution is 2.56. The average Bonchev–Trinajstić information content (AvgIpc) is 3.30. The van der Waals surface area contributed by atoms with Crippen molar-refractivity contribution in [1.82, 2.24) is 0 Å². The largest absolute Gasteiger partial charge is 0.461 e. The molecule has 5 nitrogen and oxygen atoms in total. The summed E-state index contributed by atoms with van der Waals surface area (Å²) in [5, 5.41) is -0.0538. The number of carbonyl (C=O) groups is 1. The number of ether oxygens (including phenoxy) is 2. The van der Waals surface area contributed by atoms with Gasteiger partial charge in [0.1, 0.15) is 12.7 Å². The van der Waals surface area contributed by atoms with Gasteiger partial charge in [-0.1, -0.05) is 133 Å². The maximum absolute atomic E-state index is 13.8. The predicted octanol–water partition coefficient (Wildman–Crippen LogP) is 13.6. The summed E-state index contributed by atoms with van der Waals surface area (Å²) in [6, 6.07) is 0. The Morgan fingerprint density at radius 1 is 0.925 bits per heavy atom. The first-order chi connectivity index (χ1) is 23.8. The van der Waals surface area contributed by atoms with Crippen molar-refractivity contribution < 1.29 is 23.1 Å². The summed E-state index contributed by atoms with van der Waals surface area (Å²) >= 11 is 0. The van der Waals surface area contributed by atoms with Crippen molar-refractivity contribution in [3.8, 4) is 0 Å². The molecular formula is C46H82O5Si2. The zero-order valence-corrected chi connectivity index (χ0v) is 39.8. The van der Waals surface area contributed by atoms with Crippen LogP contribution in [0.25, 0.3) is 0 Å². The Hall–Kier alpha value is -1.26. The molecule has 0 N–H and O–H groups in total. The van der Waals surface area contributed by atoms with Crippen LogP contribution in [0.4, 0.5) is 0 Å². The molecule has 0 aromatic rings. The number of hydrogen-bond acceptors (Lipinski definition) is 5. The van der Waals surface area contributed by atoms with Crippen molar-refractivity contribution in [3.05, 3.63) is 47.1 Å². The summed E-state index contributed by atoms with van der Waals surface area (Å²) in [5.74, 6) is -0.842. The molecule has 0 saturated heterocycles. The average molecular weight is 771 g/mol. The van der Waals surface area contributed by atoms with Crippen molar-refractivity contribution in [1.29, 1.82) is 0 Å². The minimum atomic E-state index is -2.40. The molecule has 0 aromatic carbocycles. The van der Waals surface area contributed by atoms with Gasteiger partial charge in [0.05, 0.1) is 6.10 Å². The summed E-state index contributed by atoms with van der Waals surface area (Å²) < 4.78 is 27.8. The van der Waals surface area contributed by atoms with Gasteiger partial charge in [-0.3, -0.25) is 0 Å². The topological polar surface area (TPSA) is 54.0 Å². The standard InChI is InChI=1S/C46H82O5Si2/c1-20-36-25-26-38-34(22-21-27-45(36,38)15)23-24-35-28-46(51-53(18,19)44(12,13)14,31-39(33(35)2)50-52(16,17)43(9,10)11)48-32-40(47)49-37(29-41(3,4)5)30-42(6,7)8/h23-25,37-39H,2,20-22,26-32H2,1,3-19H3/t38-,39?,45+,46-/m0/s1. The molecule has 3 rings (SSSR count). The molecule has 3 aliphatic rings. The number of esters is 1. The van der Waals surface area contributed by atoms with Gasteiger partial charge in [-0.05, 0) is 115 Å². The van der Waals surface area contributed by atoms with Crippen molar-refractivity contribution in [2.75, 3.05) is 6.61 Å². The lowest BCUT2D eigenvalue weighted by Gasteiger charge is -2.51. The van der Waals surface area contributed by atoms with E-state index >= 15 is 0 Å². The number of carbonyl (C=O) groups excluding carboxylic acids is 1. The van der Waals surface area contributed by atoms with E-state index in [4.69, 9.17) is 24.9 Å². The highest BCUT2D eigenvalue weighted by molar-refractivity contribution is 6.74. The fourth-order valence-corrected chi connectivity index (χ4v) is 11.1. The van der Waals surface area contributed by atoms with Crippen LogP contribution in [-0.4, -0.2) is 47.2 Å². The maximum Gasteiger partial charge on any atom is 0.332 e. The van der Waals surface area contributed by atoms with Crippen LogP contribution in [0.1, 0.15) is 155 Å². The monoisotopic (exact) mass is 771 g/mol. The van der Waals surface area contributed by atoms with Crippen LogP contribution in [-0.2, 0) is 23.1 Å². The third-order valence-electron chi connectivity index (χ3n) is 13.3. The van der Waals surface area contributed by atoms with Crippen LogP contribution in [0, 0.1) is 22.2 Å². The molecule has 0 spiro atoms. The van der Waals surface area contributed by atoms with Crippen LogP contribution in [0.3, 0.4) is 0 Å². The van der Waals surface area contributed by atoms with Crippen molar-refractivity contribution in [2.45, 2.75) is 209 Å². The first-order valence-corrected chi connectivity index (χ1v) is 26.7. The third-order valence-corrected chi connectivity index (χ3v) is 22.3. The summed E-state index contributed by atoms with van der Waals surface area (Å²) in [7, 11) is -4.63. The van der Waals surface area contributed by atoms with Gasteiger partial charge in [-0.15, -0.1) is 0 Å². The smallest absolute Gasteiger partial charge is 0.332 e. The Morgan fingerprint density at radius 2 is 1.49 bits per heavy atom. The van der Waals surface area contributed by atoms with Crippen molar-refractivity contribution >= 4 is 22.6 Å². The van der Waals surface area contributed by atoms with Crippen LogP contribution < -0.4 is 0 Å². The van der Waals surface area contributed by atoms with Crippen molar-refractivity contribution in [2.24, 2.45) is 22.2 Å². The number of fused-ring (bicyclic) bond motifs is 1. The quantitative estimate of drug-likeness (QED) is 0.0856. The third kappa shape index (κ3) is 11.9. The van der Waals surface area contributed by atoms with Gasteiger partial charge in [0, 0.05) is 12.8 Å². The molecule has 2 saturated carbocycles. The Bertz CT molecular complexity index is 1390. The van der Waals surface area contributed by atoms with E-state index in [0.29, 0.717) is 18.8 Å². The van der Waals surface area contributed by atoms with Crippen LogP contribution in [0.15, 0.2) is 47.1 Å². The second-order valence-electron chi connectivity index (χ2n) is 22.6. The molecule has 2 fully saturated rings. The first kappa shape index (κ1) is 46.1. The highest BCUT2D eigenvalue weighted by atomic mass is 28.4. The second-order valence-corrected chi connectivity index (χ2v) is 32.0. The number of allylic oxidation sites excluding steroid dienone is 5. The molecule has 0 aromatic heterocycles. The Kier molecular flexibility index (Phi) is 14.2. The summed E-state index contributed by atoms with van der Waals surface area (Å²) in [5.41, 5.74) is 5.59. The van der Waals surface area contributed by atoms with Gasteiger partial charge in [0.15, 0.2) is 22.4 Å². The lowest BCUT2D eigenvalue weighted by atomic mass is 9.64. The molecule has 304 valence electrons. The minimum absolute atomic E-state index is 0.0122. The van der Waals surface area contributed by atoms with Gasteiger partial charge >= 0.3 is 5.97 Å². The maximum atomic E-state index is 13.8. The van der Waals surface area contributed by atoms with E-state index in [-0.39, 0.29) is 51.1 Å². The normalized spacial score (nSPS) is 28.1. The summed E-state index contributed by atoms with van der Waals surface area (Å²) in [4.78, 5) is 13.8. The van der Waals surface area contributed by atoms with Crippen molar-refractivity contribution in [3.63, 3.8) is 0 Å². The molecule has 0 bridgehead atoms. The molecule has 0 amide bonds. The summed E-state index contributed by atoms with van der Waals surface area (Å²) in [6.07, 6.45) is 15.2. The molecule has 0 aliphatic heterocycles. The fraction of sp³-hybridized carbons (Fsp3) is 0.804.